The van der Waals surface area contributed by atoms with Crippen molar-refractivity contribution < 1.29 is 28.8 Å². The average Bonchev–Trinajstić information content (AvgIpc) is 3.18. The molecule has 0 aromatic rings. The number of rotatable bonds is 12. The number of hydroxylamine groups is 2. The smallest absolute Gasteiger partial charge is 0.334 e. The first-order valence-corrected chi connectivity index (χ1v) is 13.5. The molecule has 3 aliphatic heterocycles. The van der Waals surface area contributed by atoms with Gasteiger partial charge in [0.15, 0.2) is 0 Å². The number of nitrogens with zero attached hydrogens (tertiary/aromatic N) is 4. The average molecular weight is 526 g/mol. The number of nitrogens with one attached hydrogen (secondary N) is 2. The molecule has 4 amide bonds. The van der Waals surface area contributed by atoms with E-state index < -0.39 is 17.8 Å². The highest BCUT2D eigenvalue weighted by atomic mass is 16.7. The van der Waals surface area contributed by atoms with Crippen LogP contribution in [0.3, 0.4) is 0 Å². The lowest BCUT2D eigenvalue weighted by molar-refractivity contribution is -0.197. The number of carbonyl (C=O) groups excluding carboxylic acids is 5. The molecule has 0 radical (unpaired) electrons. The van der Waals surface area contributed by atoms with Crippen LogP contribution in [-0.4, -0.2) is 120 Å². The Kier molecular flexibility index (Phi) is 11.3. The highest BCUT2D eigenvalue weighted by Crippen LogP contribution is 2.21. The topological polar surface area (TPSA) is 132 Å². The van der Waals surface area contributed by atoms with Crippen LogP contribution in [-0.2, 0) is 28.8 Å². The molecular weight excluding hydrogens is 483 g/mol. The van der Waals surface area contributed by atoms with E-state index in [1.807, 2.05) is 0 Å². The SMILES string of the molecule is CC1CCCC(C)N1CC(=O)[15NH]CC[13C](=O)[15NH]CCN1CCN(CCC(=O)ON2C(=O)CCC2=O)CC1. The van der Waals surface area contributed by atoms with Gasteiger partial charge in [-0.2, -0.15) is 0 Å². The van der Waals surface area contributed by atoms with Gasteiger partial charge in [0.1, 0.15) is 0 Å². The zero-order valence-corrected chi connectivity index (χ0v) is 22.2. The predicted octanol–water partition coefficient (Wildman–Crippen LogP) is -0.513. The van der Waals surface area contributed by atoms with Crippen LogP contribution in [0.1, 0.15) is 58.8 Å². The molecule has 0 aliphatic carbocycles. The number of imide groups is 1. The van der Waals surface area contributed by atoms with Crippen LogP contribution in [0.15, 0.2) is 0 Å². The largest absolute Gasteiger partial charge is 0.355 e. The number of likely N-dealkylation sites (tertiary alicyclic amines) is 1. The molecule has 0 saturated carbocycles. The van der Waals surface area contributed by atoms with Crippen LogP contribution >= 0.6 is 0 Å². The maximum Gasteiger partial charge on any atom is 0.334 e. The highest BCUT2D eigenvalue weighted by Gasteiger charge is 2.33. The van der Waals surface area contributed by atoms with Crippen LogP contribution in [0.4, 0.5) is 0 Å². The van der Waals surface area contributed by atoms with Crippen molar-refractivity contribution in [3.63, 3.8) is 0 Å². The molecule has 0 spiro atoms. The minimum atomic E-state index is -0.583. The molecule has 3 fully saturated rings. The van der Waals surface area contributed by atoms with E-state index in [-0.39, 0.29) is 37.5 Å². The third-order valence-electron chi connectivity index (χ3n) is 7.42. The molecule has 37 heavy (non-hydrogen) atoms. The summed E-state index contributed by atoms with van der Waals surface area (Å²) in [5.74, 6) is -1.63. The van der Waals surface area contributed by atoms with Crippen LogP contribution in [0, 0.1) is 0 Å². The van der Waals surface area contributed by atoms with E-state index in [1.165, 1.54) is 6.42 Å². The lowest BCUT2D eigenvalue weighted by Crippen LogP contribution is -2.49. The minimum Gasteiger partial charge on any atom is -0.355 e. The van der Waals surface area contributed by atoms with Gasteiger partial charge >= 0.3 is 5.97 Å². The van der Waals surface area contributed by atoms with E-state index in [0.29, 0.717) is 43.3 Å². The van der Waals surface area contributed by atoms with E-state index >= 15 is 0 Å². The second-order valence-electron chi connectivity index (χ2n) is 10.2. The Balaban J connectivity index is 1.19. The molecule has 12 heteroatoms. The molecule has 0 aromatic heterocycles. The van der Waals surface area contributed by atoms with Crippen LogP contribution in [0.25, 0.3) is 0 Å². The molecule has 3 saturated heterocycles. The van der Waals surface area contributed by atoms with Gasteiger partial charge in [0.2, 0.25) is 11.8 Å². The second-order valence-corrected chi connectivity index (χ2v) is 10.2. The molecular formula is C25H42N6O6. The van der Waals surface area contributed by atoms with Crippen molar-refractivity contribution in [3.05, 3.63) is 0 Å². The quantitative estimate of drug-likeness (QED) is 0.196. The number of piperidine rings is 1. The second kappa shape index (κ2) is 14.4. The van der Waals surface area contributed by atoms with Crippen molar-refractivity contribution >= 4 is 29.6 Å². The standard InChI is InChI=1S/C25H42N6O6/c1-19-4-3-5-20(2)30(19)18-22(33)26-10-8-21(32)27-11-13-29-16-14-28(15-17-29)12-9-25(36)37-31-23(34)6-7-24(31)35/h19-20H,3-18H2,1-2H3,(H,26,33)(H,27,32)/i21+1,26+1,27+1. The van der Waals surface area contributed by atoms with E-state index in [4.69, 9.17) is 4.84 Å². The molecule has 2 atom stereocenters. The molecule has 0 bridgehead atoms. The third kappa shape index (κ3) is 9.35. The van der Waals surface area contributed by atoms with Crippen molar-refractivity contribution in [2.45, 2.75) is 70.9 Å². The van der Waals surface area contributed by atoms with E-state index in [9.17, 15) is 24.0 Å². The fourth-order valence-electron chi connectivity index (χ4n) is 5.06. The Morgan fingerprint density at radius 1 is 0.811 bits per heavy atom. The first kappa shape index (κ1) is 29.0. The monoisotopic (exact) mass is 525 g/mol. The van der Waals surface area contributed by atoms with Gasteiger partial charge in [-0.15, -0.1) is 5.06 Å². The molecule has 0 aromatic carbocycles. The molecule has 12 nitrogen and oxygen atoms in total. The summed E-state index contributed by atoms with van der Waals surface area (Å²) in [5, 5.41) is 6.36. The van der Waals surface area contributed by atoms with Gasteiger partial charge in [0.05, 0.1) is 13.0 Å². The maximum absolute atomic E-state index is 12.3. The molecule has 3 heterocycles. The summed E-state index contributed by atoms with van der Waals surface area (Å²) >= 11 is 0. The molecule has 2 N–H and O–H groups in total. The first-order valence-electron chi connectivity index (χ1n) is 13.5. The van der Waals surface area contributed by atoms with Gasteiger partial charge < -0.3 is 20.4 Å². The number of hydrogen-bond donors (Lipinski definition) is 2. The van der Waals surface area contributed by atoms with E-state index in [1.54, 1.807) is 0 Å². The van der Waals surface area contributed by atoms with Crippen molar-refractivity contribution in [1.82, 2.24) is 30.4 Å². The minimum absolute atomic E-state index is 0.0300. The van der Waals surface area contributed by atoms with E-state index in [0.717, 1.165) is 45.6 Å². The van der Waals surface area contributed by atoms with Crippen molar-refractivity contribution in [1.29, 1.82) is 0 Å². The van der Waals surface area contributed by atoms with Crippen LogP contribution in [0.2, 0.25) is 0 Å². The van der Waals surface area contributed by atoms with Crippen LogP contribution < -0.4 is 10.6 Å². The Bertz CT molecular complexity index is 804. The summed E-state index contributed by atoms with van der Waals surface area (Å²) in [4.78, 5) is 70.9. The Labute approximate surface area is 218 Å². The fourth-order valence-corrected chi connectivity index (χ4v) is 5.06. The maximum atomic E-state index is 12.3. The summed E-state index contributed by atoms with van der Waals surface area (Å²) in [6, 6.07) is 0.824. The number of carbonyl (C=O) groups is 5. The van der Waals surface area contributed by atoms with Crippen molar-refractivity contribution in [2.24, 2.45) is 0 Å². The molecule has 2 unspecified atom stereocenters. The zero-order chi connectivity index (χ0) is 26.8. The summed E-state index contributed by atoms with van der Waals surface area (Å²) in [7, 11) is 0. The highest BCUT2D eigenvalue weighted by molar-refractivity contribution is 6.01. The van der Waals surface area contributed by atoms with Gasteiger partial charge in [-0.05, 0) is 26.7 Å². The summed E-state index contributed by atoms with van der Waals surface area (Å²) in [6.45, 7) is 10.0. The van der Waals surface area contributed by atoms with Gasteiger partial charge in [-0.3, -0.25) is 29.0 Å². The summed E-state index contributed by atoms with van der Waals surface area (Å²) < 4.78 is 0. The number of hydrogen-bond acceptors (Lipinski definition) is 9. The molecule has 3 aliphatic rings. The fraction of sp³-hybridized carbons (Fsp3) is 0.800. The number of piperazine rings is 1. The molecule has 208 valence electrons. The normalized spacial score (nSPS) is 23.8. The van der Waals surface area contributed by atoms with Crippen LogP contribution in [0.5, 0.6) is 0 Å². The van der Waals surface area contributed by atoms with Crippen molar-refractivity contribution in [3.8, 4) is 0 Å². The van der Waals surface area contributed by atoms with Gasteiger partial charge in [-0.25, -0.2) is 4.79 Å². The Hall–Kier alpha value is -2.57. The summed E-state index contributed by atoms with van der Waals surface area (Å²) in [6.07, 6.45) is 3.99. The van der Waals surface area contributed by atoms with Gasteiger partial charge in [-0.1, -0.05) is 6.42 Å². The molecule has 3 rings (SSSR count). The number of amides is 4. The Morgan fingerprint density at radius 3 is 2.00 bits per heavy atom. The third-order valence-corrected chi connectivity index (χ3v) is 7.42. The summed E-state index contributed by atoms with van der Waals surface area (Å²) in [5.41, 5.74) is 0. The lowest BCUT2D eigenvalue weighted by Gasteiger charge is -2.38. The van der Waals surface area contributed by atoms with Gasteiger partial charge in [0, 0.05) is 83.7 Å². The van der Waals surface area contributed by atoms with Crippen molar-refractivity contribution in [2.75, 3.05) is 58.9 Å². The van der Waals surface area contributed by atoms with Gasteiger partial charge in [0.25, 0.3) is 11.8 Å². The lowest BCUT2D eigenvalue weighted by atomic mass is 9.98. The first-order chi connectivity index (χ1) is 17.7. The predicted molar refractivity (Wildman–Crippen MR) is 135 cm³/mol. The Morgan fingerprint density at radius 2 is 1.38 bits per heavy atom. The van der Waals surface area contributed by atoms with E-state index in [2.05, 4.69) is 39.2 Å². The zero-order valence-electron chi connectivity index (χ0n) is 22.2.